The summed E-state index contributed by atoms with van der Waals surface area (Å²) in [5.41, 5.74) is 4.74. The Labute approximate surface area is 95.0 Å². The van der Waals surface area contributed by atoms with Gasteiger partial charge in [0.1, 0.15) is 11.6 Å². The molecule has 6 heteroatoms. The molecule has 0 aliphatic heterocycles. The van der Waals surface area contributed by atoms with E-state index in [2.05, 4.69) is 4.98 Å². The second kappa shape index (κ2) is 3.80. The maximum Gasteiger partial charge on any atom is 0.417 e. The second-order valence-corrected chi connectivity index (χ2v) is 3.48. The molecule has 0 fully saturated rings. The minimum absolute atomic E-state index is 0.0222. The van der Waals surface area contributed by atoms with Crippen LogP contribution in [0.3, 0.4) is 0 Å². The van der Waals surface area contributed by atoms with Gasteiger partial charge in [0.25, 0.3) is 0 Å². The molecule has 17 heavy (non-hydrogen) atoms. The second-order valence-electron chi connectivity index (χ2n) is 3.48. The largest absolute Gasteiger partial charge is 0.497 e. The van der Waals surface area contributed by atoms with E-state index in [4.69, 9.17) is 10.5 Å². The molecule has 0 amide bonds. The molecule has 0 aliphatic carbocycles. The summed E-state index contributed by atoms with van der Waals surface area (Å²) in [6, 6.07) is 5.10. The van der Waals surface area contributed by atoms with Crippen molar-refractivity contribution in [2.75, 3.05) is 12.8 Å². The van der Waals surface area contributed by atoms with Gasteiger partial charge < -0.3 is 10.5 Å². The third-order valence-corrected chi connectivity index (χ3v) is 2.34. The van der Waals surface area contributed by atoms with Crippen LogP contribution in [0.5, 0.6) is 5.75 Å². The van der Waals surface area contributed by atoms with Crippen molar-refractivity contribution in [2.45, 2.75) is 6.18 Å². The topological polar surface area (TPSA) is 48.1 Å². The number of ether oxygens (including phenoxy) is 1. The van der Waals surface area contributed by atoms with Crippen LogP contribution in [-0.4, -0.2) is 12.1 Å². The van der Waals surface area contributed by atoms with Crippen LogP contribution in [-0.2, 0) is 6.18 Å². The van der Waals surface area contributed by atoms with E-state index in [-0.39, 0.29) is 16.7 Å². The highest BCUT2D eigenvalue weighted by Gasteiger charge is 2.33. The average Bonchev–Trinajstić information content (AvgIpc) is 2.26. The summed E-state index contributed by atoms with van der Waals surface area (Å²) in [7, 11) is 1.39. The quantitative estimate of drug-likeness (QED) is 0.836. The molecule has 0 radical (unpaired) electrons. The highest BCUT2D eigenvalue weighted by Crippen LogP contribution is 2.36. The van der Waals surface area contributed by atoms with Gasteiger partial charge in [-0.15, -0.1) is 0 Å². The van der Waals surface area contributed by atoms with E-state index in [0.717, 1.165) is 6.07 Å². The first-order valence-corrected chi connectivity index (χ1v) is 4.73. The monoisotopic (exact) mass is 242 g/mol. The fraction of sp³-hybridized carbons (Fsp3) is 0.182. The van der Waals surface area contributed by atoms with Crippen LogP contribution in [0.4, 0.5) is 19.0 Å². The Morgan fingerprint density at radius 2 is 1.94 bits per heavy atom. The Morgan fingerprint density at radius 1 is 1.24 bits per heavy atom. The van der Waals surface area contributed by atoms with Crippen LogP contribution in [0.2, 0.25) is 0 Å². The van der Waals surface area contributed by atoms with Gasteiger partial charge in [-0.05, 0) is 24.3 Å². The number of hydrogen-bond acceptors (Lipinski definition) is 3. The zero-order valence-corrected chi connectivity index (χ0v) is 8.88. The molecule has 2 aromatic rings. The van der Waals surface area contributed by atoms with E-state index < -0.39 is 11.7 Å². The molecule has 0 aliphatic rings. The summed E-state index contributed by atoms with van der Waals surface area (Å²) in [6.07, 6.45) is -4.47. The highest BCUT2D eigenvalue weighted by atomic mass is 19.4. The lowest BCUT2D eigenvalue weighted by atomic mass is 10.1. The van der Waals surface area contributed by atoms with E-state index >= 15 is 0 Å². The van der Waals surface area contributed by atoms with Gasteiger partial charge >= 0.3 is 6.18 Å². The third-order valence-electron chi connectivity index (χ3n) is 2.34. The molecule has 0 atom stereocenters. The molecule has 1 aromatic heterocycles. The molecule has 0 saturated heterocycles. The number of fused-ring (bicyclic) bond motifs is 1. The predicted molar refractivity (Wildman–Crippen MR) is 57.7 cm³/mol. The predicted octanol–water partition coefficient (Wildman–Crippen LogP) is 2.84. The number of benzene rings is 1. The van der Waals surface area contributed by atoms with Crippen molar-refractivity contribution in [3.63, 3.8) is 0 Å². The van der Waals surface area contributed by atoms with Crippen LogP contribution >= 0.6 is 0 Å². The number of pyridine rings is 1. The Balaban J connectivity index is 2.80. The van der Waals surface area contributed by atoms with E-state index in [0.29, 0.717) is 5.75 Å². The van der Waals surface area contributed by atoms with E-state index in [1.54, 1.807) is 0 Å². The molecule has 0 saturated carbocycles. The zero-order chi connectivity index (χ0) is 12.6. The van der Waals surface area contributed by atoms with Crippen molar-refractivity contribution in [3.05, 3.63) is 29.8 Å². The maximum absolute atomic E-state index is 12.8. The zero-order valence-electron chi connectivity index (χ0n) is 8.88. The minimum atomic E-state index is -4.47. The number of hydrogen-bond donors (Lipinski definition) is 1. The summed E-state index contributed by atoms with van der Waals surface area (Å²) in [5, 5.41) is -0.0222. The standard InChI is InChI=1S/C11H9F3N2O/c1-17-6-2-3-9-7(4-6)8(11(12,13)14)5-10(15)16-9/h2-5H,1H3,(H2,15,16). The van der Waals surface area contributed by atoms with Crippen LogP contribution in [0.25, 0.3) is 10.9 Å². The molecule has 0 unspecified atom stereocenters. The van der Waals surface area contributed by atoms with Crippen LogP contribution < -0.4 is 10.5 Å². The van der Waals surface area contributed by atoms with Crippen molar-refractivity contribution in [3.8, 4) is 5.75 Å². The molecule has 2 rings (SSSR count). The van der Waals surface area contributed by atoms with Crippen LogP contribution in [0.15, 0.2) is 24.3 Å². The van der Waals surface area contributed by atoms with Gasteiger partial charge in [-0.2, -0.15) is 13.2 Å². The van der Waals surface area contributed by atoms with Crippen molar-refractivity contribution in [1.82, 2.24) is 4.98 Å². The van der Waals surface area contributed by atoms with Crippen LogP contribution in [0.1, 0.15) is 5.56 Å². The first kappa shape index (κ1) is 11.5. The number of nitrogens with two attached hydrogens (primary N) is 1. The lowest BCUT2D eigenvalue weighted by Crippen LogP contribution is -2.08. The van der Waals surface area contributed by atoms with Crippen molar-refractivity contribution >= 4 is 16.7 Å². The van der Waals surface area contributed by atoms with Gasteiger partial charge in [0, 0.05) is 5.39 Å². The first-order valence-electron chi connectivity index (χ1n) is 4.73. The lowest BCUT2D eigenvalue weighted by Gasteiger charge is -2.11. The number of anilines is 1. The number of aromatic nitrogens is 1. The molecule has 3 nitrogen and oxygen atoms in total. The fourth-order valence-electron chi connectivity index (χ4n) is 1.59. The van der Waals surface area contributed by atoms with Crippen molar-refractivity contribution in [2.24, 2.45) is 0 Å². The smallest absolute Gasteiger partial charge is 0.417 e. The first-order chi connectivity index (χ1) is 7.91. The fourth-order valence-corrected chi connectivity index (χ4v) is 1.59. The normalized spacial score (nSPS) is 11.8. The van der Waals surface area contributed by atoms with Gasteiger partial charge in [0.15, 0.2) is 0 Å². The van der Waals surface area contributed by atoms with Gasteiger partial charge in [0.05, 0.1) is 18.2 Å². The van der Waals surface area contributed by atoms with Gasteiger partial charge in [0.2, 0.25) is 0 Å². The molecular weight excluding hydrogens is 233 g/mol. The van der Waals surface area contributed by atoms with Gasteiger partial charge in [-0.25, -0.2) is 4.98 Å². The van der Waals surface area contributed by atoms with Gasteiger partial charge in [-0.3, -0.25) is 0 Å². The highest BCUT2D eigenvalue weighted by molar-refractivity contribution is 5.85. The minimum Gasteiger partial charge on any atom is -0.497 e. The van der Waals surface area contributed by atoms with E-state index in [9.17, 15) is 13.2 Å². The molecule has 2 N–H and O–H groups in total. The number of rotatable bonds is 1. The Bertz CT molecular complexity index is 566. The number of nitrogen functional groups attached to an aromatic ring is 1. The molecular formula is C11H9F3N2O. The summed E-state index contributed by atoms with van der Waals surface area (Å²) in [4.78, 5) is 3.85. The van der Waals surface area contributed by atoms with Gasteiger partial charge in [-0.1, -0.05) is 0 Å². The van der Waals surface area contributed by atoms with E-state index in [1.165, 1.54) is 25.3 Å². The third kappa shape index (κ3) is 2.11. The Morgan fingerprint density at radius 3 is 2.53 bits per heavy atom. The number of halogens is 3. The Kier molecular flexibility index (Phi) is 2.57. The number of methoxy groups -OCH3 is 1. The van der Waals surface area contributed by atoms with Crippen molar-refractivity contribution < 1.29 is 17.9 Å². The van der Waals surface area contributed by atoms with Crippen molar-refractivity contribution in [1.29, 1.82) is 0 Å². The number of nitrogens with zero attached hydrogens (tertiary/aromatic N) is 1. The molecule has 0 bridgehead atoms. The summed E-state index contributed by atoms with van der Waals surface area (Å²) < 4.78 is 43.3. The van der Waals surface area contributed by atoms with Crippen LogP contribution in [0, 0.1) is 0 Å². The molecule has 90 valence electrons. The average molecular weight is 242 g/mol. The summed E-state index contributed by atoms with van der Waals surface area (Å²) in [5.74, 6) is 0.185. The summed E-state index contributed by atoms with van der Waals surface area (Å²) >= 11 is 0. The van der Waals surface area contributed by atoms with E-state index in [1.807, 2.05) is 0 Å². The lowest BCUT2D eigenvalue weighted by molar-refractivity contribution is -0.136. The molecule has 1 heterocycles. The molecule has 0 spiro atoms. The number of alkyl halides is 3. The molecule has 1 aromatic carbocycles. The SMILES string of the molecule is COc1ccc2nc(N)cc(C(F)(F)F)c2c1. The summed E-state index contributed by atoms with van der Waals surface area (Å²) in [6.45, 7) is 0. The maximum atomic E-state index is 12.8. The Hall–Kier alpha value is -1.98.